The first kappa shape index (κ1) is 13.6. The van der Waals surface area contributed by atoms with Crippen LogP contribution in [0.4, 0.5) is 0 Å². The molecule has 0 unspecified atom stereocenters. The SMILES string of the molecule is CSCc1ccc(CSCc2ccccc2)cc1. The highest BCUT2D eigenvalue weighted by molar-refractivity contribution is 7.98. The van der Waals surface area contributed by atoms with Gasteiger partial charge in [0.25, 0.3) is 0 Å². The monoisotopic (exact) mass is 274 g/mol. The molecular formula is C16H18S2. The van der Waals surface area contributed by atoms with Crippen LogP contribution in [0.1, 0.15) is 16.7 Å². The van der Waals surface area contributed by atoms with Gasteiger partial charge in [-0.25, -0.2) is 0 Å². The molecule has 0 heterocycles. The lowest BCUT2D eigenvalue weighted by Crippen LogP contribution is -1.85. The van der Waals surface area contributed by atoms with Gasteiger partial charge in [0.15, 0.2) is 0 Å². The Kier molecular flexibility index (Phi) is 5.69. The van der Waals surface area contributed by atoms with Gasteiger partial charge in [-0.05, 0) is 22.9 Å². The molecule has 2 aromatic carbocycles. The van der Waals surface area contributed by atoms with E-state index in [1.807, 2.05) is 23.5 Å². The molecule has 0 nitrogen and oxygen atoms in total. The number of benzene rings is 2. The van der Waals surface area contributed by atoms with Crippen molar-refractivity contribution in [3.8, 4) is 0 Å². The second kappa shape index (κ2) is 7.55. The van der Waals surface area contributed by atoms with Crippen LogP contribution in [0.3, 0.4) is 0 Å². The van der Waals surface area contributed by atoms with Crippen molar-refractivity contribution in [1.82, 2.24) is 0 Å². The van der Waals surface area contributed by atoms with Crippen LogP contribution in [0.5, 0.6) is 0 Å². The summed E-state index contributed by atoms with van der Waals surface area (Å²) in [6.07, 6.45) is 2.14. The minimum Gasteiger partial charge on any atom is -0.161 e. The molecule has 0 aromatic heterocycles. The van der Waals surface area contributed by atoms with Crippen molar-refractivity contribution in [2.75, 3.05) is 6.26 Å². The number of hydrogen-bond donors (Lipinski definition) is 0. The van der Waals surface area contributed by atoms with Gasteiger partial charge in [-0.15, -0.1) is 0 Å². The molecule has 0 aliphatic rings. The Labute approximate surface area is 118 Å². The molecular weight excluding hydrogens is 256 g/mol. The average Bonchev–Trinajstić information content (AvgIpc) is 2.42. The highest BCUT2D eigenvalue weighted by Crippen LogP contribution is 2.19. The molecule has 2 rings (SSSR count). The fourth-order valence-electron chi connectivity index (χ4n) is 1.76. The van der Waals surface area contributed by atoms with Crippen LogP contribution >= 0.6 is 23.5 Å². The van der Waals surface area contributed by atoms with Crippen molar-refractivity contribution in [2.45, 2.75) is 17.3 Å². The molecule has 94 valence electrons. The molecule has 18 heavy (non-hydrogen) atoms. The van der Waals surface area contributed by atoms with E-state index in [0.29, 0.717) is 0 Å². The Morgan fingerprint density at radius 2 is 1.17 bits per heavy atom. The van der Waals surface area contributed by atoms with Crippen LogP contribution < -0.4 is 0 Å². The van der Waals surface area contributed by atoms with Gasteiger partial charge in [0.05, 0.1) is 0 Å². The first-order valence-electron chi connectivity index (χ1n) is 6.07. The zero-order valence-corrected chi connectivity index (χ0v) is 12.3. The van der Waals surface area contributed by atoms with E-state index in [9.17, 15) is 0 Å². The average molecular weight is 274 g/mol. The molecule has 0 saturated heterocycles. The van der Waals surface area contributed by atoms with E-state index in [4.69, 9.17) is 0 Å². The zero-order chi connectivity index (χ0) is 12.6. The lowest BCUT2D eigenvalue weighted by Gasteiger charge is -2.04. The fraction of sp³-hybridized carbons (Fsp3) is 0.250. The van der Waals surface area contributed by atoms with Crippen molar-refractivity contribution in [3.05, 3.63) is 71.3 Å². The Balaban J connectivity index is 1.80. The van der Waals surface area contributed by atoms with E-state index in [-0.39, 0.29) is 0 Å². The number of hydrogen-bond acceptors (Lipinski definition) is 2. The molecule has 0 amide bonds. The van der Waals surface area contributed by atoms with Crippen LogP contribution in [0.25, 0.3) is 0 Å². The van der Waals surface area contributed by atoms with E-state index < -0.39 is 0 Å². The van der Waals surface area contributed by atoms with Gasteiger partial charge in [-0.2, -0.15) is 23.5 Å². The largest absolute Gasteiger partial charge is 0.161 e. The second-order valence-electron chi connectivity index (χ2n) is 4.23. The molecule has 0 radical (unpaired) electrons. The summed E-state index contributed by atoms with van der Waals surface area (Å²) in [7, 11) is 0. The summed E-state index contributed by atoms with van der Waals surface area (Å²) < 4.78 is 0. The Morgan fingerprint density at radius 3 is 1.72 bits per heavy atom. The number of rotatable bonds is 6. The lowest BCUT2D eigenvalue weighted by atomic mass is 10.2. The highest BCUT2D eigenvalue weighted by atomic mass is 32.2. The quantitative estimate of drug-likeness (QED) is 0.728. The normalized spacial score (nSPS) is 10.5. The van der Waals surface area contributed by atoms with Crippen molar-refractivity contribution < 1.29 is 0 Å². The van der Waals surface area contributed by atoms with E-state index in [1.54, 1.807) is 0 Å². The van der Waals surface area contributed by atoms with Crippen molar-refractivity contribution in [2.24, 2.45) is 0 Å². The van der Waals surface area contributed by atoms with Crippen LogP contribution in [0, 0.1) is 0 Å². The van der Waals surface area contributed by atoms with E-state index in [0.717, 1.165) is 17.3 Å². The van der Waals surface area contributed by atoms with Gasteiger partial charge >= 0.3 is 0 Å². The fourth-order valence-corrected chi connectivity index (χ4v) is 3.24. The third-order valence-electron chi connectivity index (χ3n) is 2.71. The number of thioether (sulfide) groups is 2. The summed E-state index contributed by atoms with van der Waals surface area (Å²) in [4.78, 5) is 0. The molecule has 0 bridgehead atoms. The molecule has 2 aromatic rings. The Bertz CT molecular complexity index is 448. The molecule has 0 aliphatic heterocycles. The Hall–Kier alpha value is -0.860. The topological polar surface area (TPSA) is 0 Å². The molecule has 0 fully saturated rings. The standard InChI is InChI=1S/C16H18S2/c1-17-11-15-7-9-16(10-8-15)13-18-12-14-5-3-2-4-6-14/h2-10H,11-13H2,1H3. The van der Waals surface area contributed by atoms with Crippen molar-refractivity contribution in [1.29, 1.82) is 0 Å². The predicted octanol–water partition coefficient (Wildman–Crippen LogP) is 4.98. The van der Waals surface area contributed by atoms with Crippen LogP contribution in [-0.2, 0) is 17.3 Å². The minimum atomic E-state index is 1.09. The molecule has 0 saturated carbocycles. The summed E-state index contributed by atoms with van der Waals surface area (Å²) in [6, 6.07) is 19.7. The summed E-state index contributed by atoms with van der Waals surface area (Å²) in [5, 5.41) is 0. The minimum absolute atomic E-state index is 1.09. The lowest BCUT2D eigenvalue weighted by molar-refractivity contribution is 1.33. The third-order valence-corrected chi connectivity index (χ3v) is 4.41. The first-order chi connectivity index (χ1) is 8.88. The molecule has 0 atom stereocenters. The maximum absolute atomic E-state index is 2.25. The molecule has 0 N–H and O–H groups in total. The molecule has 0 spiro atoms. The van der Waals surface area contributed by atoms with Crippen molar-refractivity contribution in [3.63, 3.8) is 0 Å². The van der Waals surface area contributed by atoms with Gasteiger partial charge in [-0.3, -0.25) is 0 Å². The maximum atomic E-state index is 2.25. The summed E-state index contributed by atoms with van der Waals surface area (Å²) in [5.74, 6) is 3.29. The van der Waals surface area contributed by atoms with Gasteiger partial charge in [-0.1, -0.05) is 54.6 Å². The molecule has 2 heteroatoms. The Morgan fingerprint density at radius 1 is 0.667 bits per heavy atom. The second-order valence-corrected chi connectivity index (χ2v) is 6.08. The third kappa shape index (κ3) is 4.43. The van der Waals surface area contributed by atoms with Crippen LogP contribution in [-0.4, -0.2) is 6.26 Å². The van der Waals surface area contributed by atoms with Crippen LogP contribution in [0.15, 0.2) is 54.6 Å². The van der Waals surface area contributed by atoms with Crippen molar-refractivity contribution >= 4 is 23.5 Å². The predicted molar refractivity (Wildman–Crippen MR) is 85.1 cm³/mol. The van der Waals surface area contributed by atoms with Gasteiger partial charge in [0.2, 0.25) is 0 Å². The van der Waals surface area contributed by atoms with E-state index >= 15 is 0 Å². The van der Waals surface area contributed by atoms with E-state index in [2.05, 4.69) is 60.9 Å². The summed E-state index contributed by atoms with van der Waals surface area (Å²) in [5.41, 5.74) is 4.24. The molecule has 0 aliphatic carbocycles. The summed E-state index contributed by atoms with van der Waals surface area (Å²) in [6.45, 7) is 0. The first-order valence-corrected chi connectivity index (χ1v) is 8.62. The summed E-state index contributed by atoms with van der Waals surface area (Å²) >= 11 is 3.84. The maximum Gasteiger partial charge on any atom is 0.0187 e. The smallest absolute Gasteiger partial charge is 0.0187 e. The van der Waals surface area contributed by atoms with Gasteiger partial charge < -0.3 is 0 Å². The van der Waals surface area contributed by atoms with Gasteiger partial charge in [0.1, 0.15) is 0 Å². The highest BCUT2D eigenvalue weighted by Gasteiger charge is 1.96. The van der Waals surface area contributed by atoms with Crippen LogP contribution in [0.2, 0.25) is 0 Å². The zero-order valence-electron chi connectivity index (χ0n) is 10.6. The van der Waals surface area contributed by atoms with Gasteiger partial charge in [0, 0.05) is 17.3 Å². The van der Waals surface area contributed by atoms with E-state index in [1.165, 1.54) is 16.7 Å².